The summed E-state index contributed by atoms with van der Waals surface area (Å²) in [5.41, 5.74) is -1.86. The van der Waals surface area contributed by atoms with Crippen molar-refractivity contribution in [3.05, 3.63) is 27.7 Å². The lowest BCUT2D eigenvalue weighted by Gasteiger charge is -2.09. The molecule has 0 radical (unpaired) electrons. The zero-order valence-corrected chi connectivity index (χ0v) is 9.25. The second kappa shape index (κ2) is 5.42. The van der Waals surface area contributed by atoms with Crippen molar-refractivity contribution >= 4 is 5.97 Å². The highest BCUT2D eigenvalue weighted by molar-refractivity contribution is 5.90. The molecular weight excluding hydrogens is 236 g/mol. The molecule has 0 amide bonds. The van der Waals surface area contributed by atoms with E-state index >= 15 is 0 Å². The van der Waals surface area contributed by atoms with Gasteiger partial charge < -0.3 is 14.5 Å². The fraction of sp³-hybridized carbons (Fsp3) is 0.400. The Kier molecular flexibility index (Phi) is 4.19. The van der Waals surface area contributed by atoms with E-state index in [1.54, 1.807) is 6.92 Å². The Balaban J connectivity index is 3.34. The number of aromatic amines is 1. The van der Waals surface area contributed by atoms with E-state index < -0.39 is 29.2 Å². The van der Waals surface area contributed by atoms with E-state index in [9.17, 15) is 18.4 Å². The summed E-state index contributed by atoms with van der Waals surface area (Å²) < 4.78 is 34.2. The number of carbonyl (C=O) groups is 1. The maximum Gasteiger partial charge on any atom is 0.358 e. The molecule has 0 fully saturated rings. The maximum atomic E-state index is 12.4. The van der Waals surface area contributed by atoms with Gasteiger partial charge in [-0.2, -0.15) is 0 Å². The van der Waals surface area contributed by atoms with E-state index in [1.165, 1.54) is 0 Å². The summed E-state index contributed by atoms with van der Waals surface area (Å²) in [6.07, 6.45) is -2.89. The molecule has 1 N–H and O–H groups in total. The van der Waals surface area contributed by atoms with Gasteiger partial charge in [0, 0.05) is 6.07 Å². The predicted molar refractivity (Wildman–Crippen MR) is 54.5 cm³/mol. The highest BCUT2D eigenvalue weighted by Gasteiger charge is 2.21. The minimum atomic E-state index is -2.89. The van der Waals surface area contributed by atoms with E-state index in [4.69, 9.17) is 0 Å². The van der Waals surface area contributed by atoms with Crippen LogP contribution in [0.25, 0.3) is 0 Å². The Morgan fingerprint density at radius 2 is 2.18 bits per heavy atom. The monoisotopic (exact) mass is 247 g/mol. The number of esters is 1. The lowest BCUT2D eigenvalue weighted by atomic mass is 10.2. The Labute approximate surface area is 95.4 Å². The van der Waals surface area contributed by atoms with Crippen molar-refractivity contribution in [1.82, 2.24) is 4.98 Å². The molecule has 17 heavy (non-hydrogen) atoms. The predicted octanol–water partition coefficient (Wildman–Crippen LogP) is 1.50. The number of ether oxygens (including phenoxy) is 2. The SMILES string of the molecule is CCOC(=O)c1[nH]c(C(F)F)cc(=O)c1OC. The highest BCUT2D eigenvalue weighted by Crippen LogP contribution is 2.19. The maximum absolute atomic E-state index is 12.4. The van der Waals surface area contributed by atoms with Crippen LogP contribution in [0.1, 0.15) is 29.5 Å². The number of carbonyl (C=O) groups excluding carboxylic acids is 1. The molecule has 0 aromatic carbocycles. The van der Waals surface area contributed by atoms with E-state index in [-0.39, 0.29) is 12.4 Å². The second-order valence-electron chi connectivity index (χ2n) is 3.02. The first-order valence-corrected chi connectivity index (χ1v) is 4.77. The molecule has 0 spiro atoms. The van der Waals surface area contributed by atoms with Gasteiger partial charge in [-0.05, 0) is 6.92 Å². The Bertz CT molecular complexity index is 470. The summed E-state index contributed by atoms with van der Waals surface area (Å²) in [5.74, 6) is -1.25. The van der Waals surface area contributed by atoms with Gasteiger partial charge in [0.2, 0.25) is 5.43 Å². The van der Waals surface area contributed by atoms with Crippen LogP contribution in [0.2, 0.25) is 0 Å². The first kappa shape index (κ1) is 13.1. The third-order valence-corrected chi connectivity index (χ3v) is 1.93. The molecule has 94 valence electrons. The van der Waals surface area contributed by atoms with Crippen LogP contribution in [0, 0.1) is 0 Å². The van der Waals surface area contributed by atoms with Gasteiger partial charge in [0.1, 0.15) is 0 Å². The fourth-order valence-electron chi connectivity index (χ4n) is 1.23. The normalized spacial score (nSPS) is 10.4. The second-order valence-corrected chi connectivity index (χ2v) is 3.02. The van der Waals surface area contributed by atoms with Crippen molar-refractivity contribution in [2.75, 3.05) is 13.7 Å². The molecule has 0 aliphatic carbocycles. The summed E-state index contributed by atoms with van der Waals surface area (Å²) in [6, 6.07) is 0.687. The van der Waals surface area contributed by atoms with E-state index in [1.807, 2.05) is 0 Å². The number of nitrogens with one attached hydrogen (secondary N) is 1. The molecule has 7 heteroatoms. The zero-order valence-electron chi connectivity index (χ0n) is 9.25. The molecule has 5 nitrogen and oxygen atoms in total. The van der Waals surface area contributed by atoms with Crippen LogP contribution in [0.15, 0.2) is 10.9 Å². The van der Waals surface area contributed by atoms with Gasteiger partial charge in [0.25, 0.3) is 6.43 Å². The largest absolute Gasteiger partial charge is 0.491 e. The van der Waals surface area contributed by atoms with Crippen LogP contribution in [-0.4, -0.2) is 24.7 Å². The number of aromatic nitrogens is 1. The summed E-state index contributed by atoms with van der Waals surface area (Å²) in [6.45, 7) is 1.61. The summed E-state index contributed by atoms with van der Waals surface area (Å²) >= 11 is 0. The molecule has 0 unspecified atom stereocenters. The van der Waals surface area contributed by atoms with Crippen LogP contribution in [0.3, 0.4) is 0 Å². The van der Waals surface area contributed by atoms with E-state index in [0.29, 0.717) is 6.07 Å². The number of hydrogen-bond donors (Lipinski definition) is 1. The number of rotatable bonds is 4. The van der Waals surface area contributed by atoms with E-state index in [0.717, 1.165) is 7.11 Å². The average Bonchev–Trinajstić information content (AvgIpc) is 2.28. The summed E-state index contributed by atoms with van der Waals surface area (Å²) in [5, 5.41) is 0. The molecule has 0 aliphatic heterocycles. The van der Waals surface area contributed by atoms with Gasteiger partial charge >= 0.3 is 5.97 Å². The number of H-pyrrole nitrogens is 1. The Morgan fingerprint density at radius 1 is 1.53 bits per heavy atom. The fourth-order valence-corrected chi connectivity index (χ4v) is 1.23. The van der Waals surface area contributed by atoms with Gasteiger partial charge in [0.15, 0.2) is 11.4 Å². The molecule has 0 saturated carbocycles. The van der Waals surface area contributed by atoms with Gasteiger partial charge in [-0.1, -0.05) is 0 Å². The van der Waals surface area contributed by atoms with Crippen LogP contribution >= 0.6 is 0 Å². The zero-order chi connectivity index (χ0) is 13.0. The topological polar surface area (TPSA) is 68.4 Å². The molecule has 1 aromatic heterocycles. The highest BCUT2D eigenvalue weighted by atomic mass is 19.3. The Hall–Kier alpha value is -1.92. The summed E-state index contributed by atoms with van der Waals surface area (Å²) in [4.78, 5) is 25.0. The van der Waals surface area contributed by atoms with Gasteiger partial charge in [0.05, 0.1) is 19.4 Å². The van der Waals surface area contributed by atoms with Gasteiger partial charge in [-0.3, -0.25) is 4.79 Å². The standard InChI is InChI=1S/C10H11F2NO4/c1-3-17-10(15)7-8(16-2)6(14)4-5(13-7)9(11)12/h4,9H,3H2,1-2H3,(H,13,14). The lowest BCUT2D eigenvalue weighted by Crippen LogP contribution is -2.17. The van der Waals surface area contributed by atoms with Gasteiger partial charge in [-0.15, -0.1) is 0 Å². The Morgan fingerprint density at radius 3 is 2.65 bits per heavy atom. The number of alkyl halides is 2. The first-order chi connectivity index (χ1) is 8.01. The molecule has 0 saturated heterocycles. The van der Waals surface area contributed by atoms with Crippen LogP contribution in [0.4, 0.5) is 8.78 Å². The molecule has 0 bridgehead atoms. The number of hydrogen-bond acceptors (Lipinski definition) is 4. The molecule has 1 rings (SSSR count). The van der Waals surface area contributed by atoms with Crippen molar-refractivity contribution < 1.29 is 23.0 Å². The number of halogens is 2. The molecule has 0 atom stereocenters. The third-order valence-electron chi connectivity index (χ3n) is 1.93. The number of pyridine rings is 1. The third kappa shape index (κ3) is 2.80. The van der Waals surface area contributed by atoms with Crippen molar-refractivity contribution in [1.29, 1.82) is 0 Å². The van der Waals surface area contributed by atoms with E-state index in [2.05, 4.69) is 14.5 Å². The van der Waals surface area contributed by atoms with Crippen molar-refractivity contribution in [2.24, 2.45) is 0 Å². The smallest absolute Gasteiger partial charge is 0.358 e. The molecule has 0 aliphatic rings. The van der Waals surface area contributed by atoms with Crippen molar-refractivity contribution in [3.8, 4) is 5.75 Å². The molecular formula is C10H11F2NO4. The van der Waals surface area contributed by atoms with Gasteiger partial charge in [-0.25, -0.2) is 13.6 Å². The first-order valence-electron chi connectivity index (χ1n) is 4.77. The van der Waals surface area contributed by atoms with Crippen LogP contribution in [0.5, 0.6) is 5.75 Å². The van der Waals surface area contributed by atoms with Crippen molar-refractivity contribution in [3.63, 3.8) is 0 Å². The molecule has 1 aromatic rings. The minimum Gasteiger partial charge on any atom is -0.491 e. The van der Waals surface area contributed by atoms with Crippen LogP contribution < -0.4 is 10.2 Å². The van der Waals surface area contributed by atoms with Crippen molar-refractivity contribution in [2.45, 2.75) is 13.3 Å². The lowest BCUT2D eigenvalue weighted by molar-refractivity contribution is 0.0513. The quantitative estimate of drug-likeness (QED) is 0.818. The average molecular weight is 247 g/mol. The number of methoxy groups -OCH3 is 1. The molecule has 1 heterocycles. The summed E-state index contributed by atoms with van der Waals surface area (Å²) in [7, 11) is 1.16. The minimum absolute atomic E-state index is 0.0585. The van der Waals surface area contributed by atoms with Crippen LogP contribution in [-0.2, 0) is 4.74 Å².